The van der Waals surface area contributed by atoms with Crippen LogP contribution in [-0.4, -0.2) is 60.6 Å². The molecule has 0 aliphatic carbocycles. The third-order valence-electron chi connectivity index (χ3n) is 6.96. The Labute approximate surface area is 256 Å². The van der Waals surface area contributed by atoms with Gasteiger partial charge in [-0.1, -0.05) is 94.1 Å². The minimum absolute atomic E-state index is 0.205. The highest BCUT2D eigenvalue weighted by atomic mass is 16.6. The number of carbonyl (C=O) groups is 4. The number of rotatable bonds is 16. The van der Waals surface area contributed by atoms with Crippen molar-refractivity contribution in [1.82, 2.24) is 15.5 Å². The lowest BCUT2D eigenvalue weighted by atomic mass is 9.98. The van der Waals surface area contributed by atoms with E-state index < -0.39 is 41.6 Å². The van der Waals surface area contributed by atoms with E-state index >= 15 is 0 Å². The van der Waals surface area contributed by atoms with E-state index in [0.717, 1.165) is 43.2 Å². The summed E-state index contributed by atoms with van der Waals surface area (Å²) in [6.45, 7) is 9.39. The Kier molecular flexibility index (Phi) is 14.7. The van der Waals surface area contributed by atoms with E-state index in [2.05, 4.69) is 17.6 Å². The van der Waals surface area contributed by atoms with Gasteiger partial charge in [-0.25, -0.2) is 4.79 Å². The molecular weight excluding hydrogens is 546 g/mol. The molecule has 3 amide bonds. The first kappa shape index (κ1) is 35.3. The van der Waals surface area contributed by atoms with Crippen LogP contribution in [0.25, 0.3) is 0 Å². The van der Waals surface area contributed by atoms with Crippen LogP contribution in [-0.2, 0) is 36.7 Å². The Morgan fingerprint density at radius 2 is 1.51 bits per heavy atom. The number of nitrogens with one attached hydrogen (secondary N) is 2. The molecule has 2 unspecified atom stereocenters. The SMILES string of the molecule is CCCCCCCN(C(=O)C(Cc1ccccc1)NC(=O)OC(C)(C)C)C(C(=O)NCC(=O)OC)c1ccc(CC)cc1. The van der Waals surface area contributed by atoms with Gasteiger partial charge in [0.25, 0.3) is 0 Å². The van der Waals surface area contributed by atoms with Crippen molar-refractivity contribution in [3.63, 3.8) is 0 Å². The minimum Gasteiger partial charge on any atom is -0.468 e. The van der Waals surface area contributed by atoms with Crippen molar-refractivity contribution in [2.75, 3.05) is 20.2 Å². The summed E-state index contributed by atoms with van der Waals surface area (Å²) in [7, 11) is 1.25. The number of hydrogen-bond acceptors (Lipinski definition) is 6. The zero-order valence-electron chi connectivity index (χ0n) is 26.6. The molecule has 236 valence electrons. The highest BCUT2D eigenvalue weighted by Crippen LogP contribution is 2.25. The maximum absolute atomic E-state index is 14.5. The number of unbranched alkanes of at least 4 members (excludes halogenated alkanes) is 4. The summed E-state index contributed by atoms with van der Waals surface area (Å²) in [5, 5.41) is 5.43. The number of amides is 3. The van der Waals surface area contributed by atoms with Crippen LogP contribution in [0.4, 0.5) is 4.79 Å². The standard InChI is InChI=1S/C34H49N3O6/c1-7-9-10-11-15-22-37(30(31(39)35-24-29(38)42-6)27-20-18-25(8-2)19-21-27)32(40)28(23-26-16-13-12-14-17-26)36-33(41)43-34(3,4)5/h12-14,16-21,28,30H,7-11,15,22-24H2,1-6H3,(H,35,39)(H,36,41). The van der Waals surface area contributed by atoms with Crippen molar-refractivity contribution < 1.29 is 28.7 Å². The lowest BCUT2D eigenvalue weighted by Crippen LogP contribution is -2.54. The largest absolute Gasteiger partial charge is 0.468 e. The normalized spacial score (nSPS) is 12.5. The second kappa shape index (κ2) is 17.9. The highest BCUT2D eigenvalue weighted by Gasteiger charge is 2.36. The molecule has 0 bridgehead atoms. The topological polar surface area (TPSA) is 114 Å². The van der Waals surface area contributed by atoms with Crippen molar-refractivity contribution in [2.24, 2.45) is 0 Å². The third-order valence-corrected chi connectivity index (χ3v) is 6.96. The quantitative estimate of drug-likeness (QED) is 0.195. The van der Waals surface area contributed by atoms with Crippen LogP contribution in [0.2, 0.25) is 0 Å². The smallest absolute Gasteiger partial charge is 0.408 e. The molecule has 9 nitrogen and oxygen atoms in total. The van der Waals surface area contributed by atoms with Gasteiger partial charge in [-0.2, -0.15) is 0 Å². The number of esters is 1. The first-order valence-corrected chi connectivity index (χ1v) is 15.3. The monoisotopic (exact) mass is 595 g/mol. The average Bonchev–Trinajstić information content (AvgIpc) is 2.98. The summed E-state index contributed by atoms with van der Waals surface area (Å²) in [6, 6.07) is 14.9. The molecule has 2 rings (SSSR count). The lowest BCUT2D eigenvalue weighted by molar-refractivity contribution is -0.144. The van der Waals surface area contributed by atoms with Gasteiger partial charge >= 0.3 is 12.1 Å². The van der Waals surface area contributed by atoms with Crippen LogP contribution in [0.15, 0.2) is 54.6 Å². The van der Waals surface area contributed by atoms with E-state index in [0.29, 0.717) is 12.0 Å². The predicted octanol–water partition coefficient (Wildman–Crippen LogP) is 5.51. The molecule has 0 aliphatic rings. The van der Waals surface area contributed by atoms with E-state index in [1.54, 1.807) is 20.8 Å². The van der Waals surface area contributed by atoms with Crippen molar-refractivity contribution >= 4 is 23.9 Å². The predicted molar refractivity (Wildman–Crippen MR) is 167 cm³/mol. The molecular formula is C34H49N3O6. The summed E-state index contributed by atoms with van der Waals surface area (Å²) >= 11 is 0. The van der Waals surface area contributed by atoms with Crippen LogP contribution < -0.4 is 10.6 Å². The third kappa shape index (κ3) is 12.5. The van der Waals surface area contributed by atoms with Gasteiger partial charge < -0.3 is 25.0 Å². The van der Waals surface area contributed by atoms with Crippen LogP contribution in [0, 0.1) is 0 Å². The number of hydrogen-bond donors (Lipinski definition) is 2. The van der Waals surface area contributed by atoms with Gasteiger partial charge in [0.1, 0.15) is 24.2 Å². The van der Waals surface area contributed by atoms with E-state index in [4.69, 9.17) is 9.47 Å². The van der Waals surface area contributed by atoms with Gasteiger partial charge in [0, 0.05) is 13.0 Å². The molecule has 0 aliphatic heterocycles. The van der Waals surface area contributed by atoms with Crippen molar-refractivity contribution in [2.45, 2.75) is 97.2 Å². The van der Waals surface area contributed by atoms with Gasteiger partial charge in [0.2, 0.25) is 11.8 Å². The molecule has 43 heavy (non-hydrogen) atoms. The molecule has 0 fully saturated rings. The number of carbonyl (C=O) groups excluding carboxylic acids is 4. The van der Waals surface area contributed by atoms with Crippen LogP contribution in [0.1, 0.15) is 89.5 Å². The first-order valence-electron chi connectivity index (χ1n) is 15.3. The molecule has 2 atom stereocenters. The number of benzene rings is 2. The molecule has 0 saturated carbocycles. The fraction of sp³-hybridized carbons (Fsp3) is 0.529. The van der Waals surface area contributed by atoms with E-state index in [9.17, 15) is 19.2 Å². The van der Waals surface area contributed by atoms with Crippen LogP contribution in [0.5, 0.6) is 0 Å². The Bertz CT molecular complexity index is 1160. The molecule has 2 aromatic carbocycles. The Hall–Kier alpha value is -3.88. The minimum atomic E-state index is -1.03. The number of aryl methyl sites for hydroxylation is 1. The number of ether oxygens (including phenoxy) is 2. The van der Waals surface area contributed by atoms with Crippen LogP contribution in [0.3, 0.4) is 0 Å². The fourth-order valence-electron chi connectivity index (χ4n) is 4.69. The van der Waals surface area contributed by atoms with Gasteiger partial charge in [-0.05, 0) is 50.3 Å². The Balaban J connectivity index is 2.54. The average molecular weight is 596 g/mol. The number of methoxy groups -OCH3 is 1. The maximum Gasteiger partial charge on any atom is 0.408 e. The Morgan fingerprint density at radius 1 is 0.860 bits per heavy atom. The van der Waals surface area contributed by atoms with Gasteiger partial charge in [0.05, 0.1) is 7.11 Å². The number of nitrogens with zero attached hydrogens (tertiary/aromatic N) is 1. The van der Waals surface area contributed by atoms with Crippen molar-refractivity contribution in [1.29, 1.82) is 0 Å². The second-order valence-electron chi connectivity index (χ2n) is 11.6. The summed E-state index contributed by atoms with van der Waals surface area (Å²) in [5.41, 5.74) is 1.78. The maximum atomic E-state index is 14.5. The van der Waals surface area contributed by atoms with E-state index in [-0.39, 0.29) is 19.5 Å². The van der Waals surface area contributed by atoms with Gasteiger partial charge in [-0.3, -0.25) is 14.4 Å². The molecule has 0 heterocycles. The second-order valence-corrected chi connectivity index (χ2v) is 11.6. The molecule has 9 heteroatoms. The summed E-state index contributed by atoms with van der Waals surface area (Å²) in [5.74, 6) is -1.52. The molecule has 0 radical (unpaired) electrons. The molecule has 2 N–H and O–H groups in total. The summed E-state index contributed by atoms with van der Waals surface area (Å²) in [6.07, 6.45) is 5.01. The van der Waals surface area contributed by atoms with Gasteiger partial charge in [-0.15, -0.1) is 0 Å². The molecule has 0 aromatic heterocycles. The number of alkyl carbamates (subject to hydrolysis) is 1. The van der Waals surface area contributed by atoms with Crippen molar-refractivity contribution in [3.05, 3.63) is 71.3 Å². The first-order chi connectivity index (χ1) is 20.5. The Morgan fingerprint density at radius 3 is 2.09 bits per heavy atom. The molecule has 0 saturated heterocycles. The van der Waals surface area contributed by atoms with Gasteiger partial charge in [0.15, 0.2) is 0 Å². The summed E-state index contributed by atoms with van der Waals surface area (Å²) in [4.78, 5) is 54.6. The molecule has 2 aromatic rings. The van der Waals surface area contributed by atoms with E-state index in [1.165, 1.54) is 12.0 Å². The molecule has 0 spiro atoms. The fourth-order valence-corrected chi connectivity index (χ4v) is 4.69. The zero-order chi connectivity index (χ0) is 31.8. The lowest BCUT2D eigenvalue weighted by Gasteiger charge is -2.34. The van der Waals surface area contributed by atoms with Crippen molar-refractivity contribution in [3.8, 4) is 0 Å². The zero-order valence-corrected chi connectivity index (χ0v) is 26.6. The van der Waals surface area contributed by atoms with Crippen LogP contribution >= 0.6 is 0 Å². The highest BCUT2D eigenvalue weighted by molar-refractivity contribution is 5.93. The van der Waals surface area contributed by atoms with E-state index in [1.807, 2.05) is 61.5 Å². The summed E-state index contributed by atoms with van der Waals surface area (Å²) < 4.78 is 10.2.